The van der Waals surface area contributed by atoms with Crippen LogP contribution in [-0.2, 0) is 0 Å². The minimum Gasteiger partial charge on any atom is -0.424 e. The molecule has 7 nitrogen and oxygen atoms in total. The molecule has 1 aromatic carbocycles. The predicted octanol–water partition coefficient (Wildman–Crippen LogP) is 2.32. The summed E-state index contributed by atoms with van der Waals surface area (Å²) in [6.45, 7) is 0. The number of nitrogens with zero attached hydrogens (tertiary/aromatic N) is 4. The Bertz CT molecular complexity index is 622. The van der Waals surface area contributed by atoms with Gasteiger partial charge in [0.15, 0.2) is 0 Å². The molecule has 2 rings (SSSR count). The fourth-order valence-electron chi connectivity index (χ4n) is 1.30. The van der Waals surface area contributed by atoms with Crippen LogP contribution in [0.2, 0.25) is 10.0 Å². The first kappa shape index (κ1) is 14.6. The van der Waals surface area contributed by atoms with Crippen LogP contribution in [0.1, 0.15) is 0 Å². The molecule has 0 atom stereocenters. The molecule has 2 aromatic rings. The molecule has 0 fully saturated rings. The molecule has 1 heterocycles. The van der Waals surface area contributed by atoms with Gasteiger partial charge in [-0.1, -0.05) is 23.2 Å². The highest BCUT2D eigenvalue weighted by atomic mass is 35.5. The Morgan fingerprint density at radius 3 is 2.50 bits per heavy atom. The van der Waals surface area contributed by atoms with Gasteiger partial charge in [-0.3, -0.25) is 5.43 Å². The first-order valence-corrected chi connectivity index (χ1v) is 6.28. The predicted molar refractivity (Wildman–Crippen MR) is 78.5 cm³/mol. The topological polar surface area (TPSA) is 89.2 Å². The second-order valence-electron chi connectivity index (χ2n) is 3.96. The molecule has 106 valence electrons. The fraction of sp³-hybridized carbons (Fsp3) is 0.182. The van der Waals surface area contributed by atoms with E-state index in [0.29, 0.717) is 21.7 Å². The Balaban J connectivity index is 2.32. The molecule has 0 aliphatic carbocycles. The van der Waals surface area contributed by atoms with Gasteiger partial charge in [-0.25, -0.2) is 5.84 Å². The van der Waals surface area contributed by atoms with Crippen molar-refractivity contribution in [3.8, 4) is 11.8 Å². The van der Waals surface area contributed by atoms with E-state index in [9.17, 15) is 0 Å². The van der Waals surface area contributed by atoms with Crippen LogP contribution in [0.15, 0.2) is 18.2 Å². The van der Waals surface area contributed by atoms with Crippen molar-refractivity contribution in [3.05, 3.63) is 28.2 Å². The standard InChI is InChI=1S/C11H12Cl2N6O/c1-19(2)10-15-9(18-14)16-11(17-10)20-6-3-4-7(12)8(13)5-6/h3-5H,14H2,1-2H3,(H,15,16,17,18). The zero-order valence-electron chi connectivity index (χ0n) is 10.8. The third-order valence-corrected chi connectivity index (χ3v) is 2.97. The third kappa shape index (κ3) is 3.38. The number of benzene rings is 1. The molecule has 0 unspecified atom stereocenters. The van der Waals surface area contributed by atoms with Gasteiger partial charge in [0.2, 0.25) is 11.9 Å². The van der Waals surface area contributed by atoms with Crippen molar-refractivity contribution < 1.29 is 4.74 Å². The molecule has 0 saturated carbocycles. The van der Waals surface area contributed by atoms with Gasteiger partial charge in [0.1, 0.15) is 5.75 Å². The monoisotopic (exact) mass is 314 g/mol. The number of halogens is 2. The highest BCUT2D eigenvalue weighted by Crippen LogP contribution is 2.28. The normalized spacial score (nSPS) is 10.2. The highest BCUT2D eigenvalue weighted by Gasteiger charge is 2.10. The number of ether oxygens (including phenoxy) is 1. The minimum absolute atomic E-state index is 0.0926. The van der Waals surface area contributed by atoms with Gasteiger partial charge in [-0.05, 0) is 12.1 Å². The Morgan fingerprint density at radius 2 is 1.90 bits per heavy atom. The fourth-order valence-corrected chi connectivity index (χ4v) is 1.59. The summed E-state index contributed by atoms with van der Waals surface area (Å²) >= 11 is 11.8. The number of rotatable bonds is 4. The van der Waals surface area contributed by atoms with E-state index in [1.807, 2.05) is 0 Å². The molecule has 0 aliphatic heterocycles. The molecule has 0 amide bonds. The van der Waals surface area contributed by atoms with E-state index in [1.165, 1.54) is 0 Å². The zero-order valence-corrected chi connectivity index (χ0v) is 12.3. The summed E-state index contributed by atoms with van der Waals surface area (Å²) < 4.78 is 5.52. The van der Waals surface area contributed by atoms with Crippen LogP contribution < -0.4 is 20.9 Å². The number of nitrogens with one attached hydrogen (secondary N) is 1. The van der Waals surface area contributed by atoms with Crippen LogP contribution in [0.4, 0.5) is 11.9 Å². The second-order valence-corrected chi connectivity index (χ2v) is 4.77. The van der Waals surface area contributed by atoms with E-state index in [-0.39, 0.29) is 12.0 Å². The van der Waals surface area contributed by atoms with Gasteiger partial charge in [0.05, 0.1) is 10.0 Å². The van der Waals surface area contributed by atoms with Crippen molar-refractivity contribution in [1.29, 1.82) is 0 Å². The molecule has 20 heavy (non-hydrogen) atoms. The molecular weight excluding hydrogens is 303 g/mol. The van der Waals surface area contributed by atoms with E-state index < -0.39 is 0 Å². The number of anilines is 2. The van der Waals surface area contributed by atoms with Gasteiger partial charge >= 0.3 is 6.01 Å². The lowest BCUT2D eigenvalue weighted by Gasteiger charge is -2.12. The molecule has 0 spiro atoms. The molecule has 3 N–H and O–H groups in total. The van der Waals surface area contributed by atoms with Gasteiger partial charge in [0, 0.05) is 20.2 Å². The number of aromatic nitrogens is 3. The maximum atomic E-state index is 5.91. The van der Waals surface area contributed by atoms with Crippen LogP contribution in [0, 0.1) is 0 Å². The number of hydrazine groups is 1. The largest absolute Gasteiger partial charge is 0.424 e. The quantitative estimate of drug-likeness (QED) is 0.661. The molecule has 9 heteroatoms. The van der Waals surface area contributed by atoms with Crippen molar-refractivity contribution in [2.24, 2.45) is 5.84 Å². The summed E-state index contributed by atoms with van der Waals surface area (Å²) in [5.74, 6) is 6.37. The smallest absolute Gasteiger partial charge is 0.328 e. The molecule has 1 aromatic heterocycles. The van der Waals surface area contributed by atoms with Crippen LogP contribution in [0.5, 0.6) is 11.8 Å². The van der Waals surface area contributed by atoms with Crippen molar-refractivity contribution in [3.63, 3.8) is 0 Å². The summed E-state index contributed by atoms with van der Waals surface area (Å²) in [6.07, 6.45) is 0. The average molecular weight is 315 g/mol. The Hall–Kier alpha value is -1.83. The molecule has 0 saturated heterocycles. The molecule has 0 bridgehead atoms. The van der Waals surface area contributed by atoms with Crippen LogP contribution in [-0.4, -0.2) is 29.0 Å². The van der Waals surface area contributed by atoms with Crippen molar-refractivity contribution in [2.45, 2.75) is 0 Å². The van der Waals surface area contributed by atoms with Crippen molar-refractivity contribution in [1.82, 2.24) is 15.0 Å². The Morgan fingerprint density at radius 1 is 1.15 bits per heavy atom. The van der Waals surface area contributed by atoms with Gasteiger partial charge < -0.3 is 9.64 Å². The van der Waals surface area contributed by atoms with E-state index in [4.69, 9.17) is 33.8 Å². The zero-order chi connectivity index (χ0) is 14.7. The first-order chi connectivity index (χ1) is 9.49. The van der Waals surface area contributed by atoms with Crippen LogP contribution in [0.3, 0.4) is 0 Å². The van der Waals surface area contributed by atoms with Crippen LogP contribution >= 0.6 is 23.2 Å². The Labute approximate surface area is 125 Å². The van der Waals surface area contributed by atoms with Crippen molar-refractivity contribution >= 4 is 35.1 Å². The lowest BCUT2D eigenvalue weighted by atomic mass is 10.3. The van der Waals surface area contributed by atoms with Gasteiger partial charge in [0.25, 0.3) is 0 Å². The van der Waals surface area contributed by atoms with Crippen LogP contribution in [0.25, 0.3) is 0 Å². The minimum atomic E-state index is 0.0926. The van der Waals surface area contributed by atoms with E-state index in [1.54, 1.807) is 37.2 Å². The summed E-state index contributed by atoms with van der Waals surface area (Å²) in [5.41, 5.74) is 2.35. The highest BCUT2D eigenvalue weighted by molar-refractivity contribution is 6.42. The SMILES string of the molecule is CN(C)c1nc(NN)nc(Oc2ccc(Cl)c(Cl)c2)n1. The number of hydrogen-bond acceptors (Lipinski definition) is 7. The summed E-state index contributed by atoms with van der Waals surface area (Å²) in [5, 5.41) is 0.816. The maximum absolute atomic E-state index is 5.91. The van der Waals surface area contributed by atoms with Gasteiger partial charge in [-0.2, -0.15) is 15.0 Å². The molecule has 0 aliphatic rings. The summed E-state index contributed by atoms with van der Waals surface area (Å²) in [7, 11) is 3.58. The molecular formula is C11H12Cl2N6O. The third-order valence-electron chi connectivity index (χ3n) is 2.23. The lowest BCUT2D eigenvalue weighted by molar-refractivity contribution is 0.440. The maximum Gasteiger partial charge on any atom is 0.328 e. The van der Waals surface area contributed by atoms with E-state index in [2.05, 4.69) is 20.4 Å². The number of nitrogens with two attached hydrogens (primary N) is 1. The van der Waals surface area contributed by atoms with E-state index in [0.717, 1.165) is 0 Å². The van der Waals surface area contributed by atoms with Gasteiger partial charge in [-0.15, -0.1) is 0 Å². The molecule has 0 radical (unpaired) electrons. The second kappa shape index (κ2) is 6.08. The summed E-state index contributed by atoms with van der Waals surface area (Å²) in [4.78, 5) is 13.9. The van der Waals surface area contributed by atoms with Crippen molar-refractivity contribution in [2.75, 3.05) is 24.4 Å². The Kier molecular flexibility index (Phi) is 4.43. The van der Waals surface area contributed by atoms with E-state index >= 15 is 0 Å². The number of nitrogen functional groups attached to an aromatic ring is 1. The number of hydrogen-bond donors (Lipinski definition) is 2. The first-order valence-electron chi connectivity index (χ1n) is 5.52. The lowest BCUT2D eigenvalue weighted by Crippen LogP contribution is -2.17. The summed E-state index contributed by atoms with van der Waals surface area (Å²) in [6, 6.07) is 4.94. The average Bonchev–Trinajstić information content (AvgIpc) is 2.42.